The van der Waals surface area contributed by atoms with Crippen LogP contribution >= 0.6 is 35.3 Å². The molecule has 6 heteroatoms. The maximum absolute atomic E-state index is 4.35. The SMILES string of the molecule is CN=C(NCCc1cccs1)NC1CCN(c2ccccc2)C1.I. The van der Waals surface area contributed by atoms with Gasteiger partial charge in [-0.3, -0.25) is 4.99 Å². The molecule has 2 N–H and O–H groups in total. The molecule has 1 fully saturated rings. The number of nitrogens with one attached hydrogen (secondary N) is 2. The number of hydrogen-bond donors (Lipinski definition) is 2. The largest absolute Gasteiger partial charge is 0.369 e. The molecule has 0 radical (unpaired) electrons. The second-order valence-corrected chi connectivity index (χ2v) is 6.77. The maximum atomic E-state index is 4.35. The van der Waals surface area contributed by atoms with Gasteiger partial charge in [-0.15, -0.1) is 35.3 Å². The Morgan fingerprint density at radius 2 is 2.08 bits per heavy atom. The quantitative estimate of drug-likeness (QED) is 0.412. The normalized spacial score (nSPS) is 17.5. The predicted octanol–water partition coefficient (Wildman–Crippen LogP) is 3.35. The third-order valence-electron chi connectivity index (χ3n) is 4.12. The smallest absolute Gasteiger partial charge is 0.191 e. The summed E-state index contributed by atoms with van der Waals surface area (Å²) in [5, 5.41) is 9.09. The minimum Gasteiger partial charge on any atom is -0.369 e. The Labute approximate surface area is 165 Å². The summed E-state index contributed by atoms with van der Waals surface area (Å²) in [6.07, 6.45) is 2.18. The highest BCUT2D eigenvalue weighted by Crippen LogP contribution is 2.19. The fraction of sp³-hybridized carbons (Fsp3) is 0.389. The van der Waals surface area contributed by atoms with E-state index in [0.717, 1.165) is 38.4 Å². The lowest BCUT2D eigenvalue weighted by Gasteiger charge is -2.20. The Bertz CT molecular complexity index is 615. The third kappa shape index (κ3) is 5.37. The monoisotopic (exact) mass is 456 g/mol. The topological polar surface area (TPSA) is 39.7 Å². The van der Waals surface area contributed by atoms with Gasteiger partial charge in [0.15, 0.2) is 5.96 Å². The molecule has 1 unspecified atom stereocenters. The zero-order chi connectivity index (χ0) is 15.9. The van der Waals surface area contributed by atoms with Crippen molar-refractivity contribution >= 4 is 47.0 Å². The second kappa shape index (κ2) is 9.88. The number of halogens is 1. The van der Waals surface area contributed by atoms with Gasteiger partial charge in [-0.05, 0) is 36.4 Å². The molecule has 3 rings (SSSR count). The molecular formula is C18H25IN4S. The third-order valence-corrected chi connectivity index (χ3v) is 5.05. The van der Waals surface area contributed by atoms with Crippen LogP contribution in [0.2, 0.25) is 0 Å². The zero-order valence-corrected chi connectivity index (χ0v) is 17.1. The van der Waals surface area contributed by atoms with Crippen molar-refractivity contribution in [1.29, 1.82) is 0 Å². The average Bonchev–Trinajstić information content (AvgIpc) is 3.26. The Hall–Kier alpha value is -1.28. The molecule has 1 aromatic heterocycles. The number of rotatable bonds is 5. The number of guanidine groups is 1. The van der Waals surface area contributed by atoms with E-state index in [-0.39, 0.29) is 24.0 Å². The fourth-order valence-electron chi connectivity index (χ4n) is 2.90. The highest BCUT2D eigenvalue weighted by Gasteiger charge is 2.23. The minimum absolute atomic E-state index is 0. The number of anilines is 1. The van der Waals surface area contributed by atoms with Crippen molar-refractivity contribution in [2.45, 2.75) is 18.9 Å². The molecule has 0 saturated carbocycles. The highest BCUT2D eigenvalue weighted by atomic mass is 127. The second-order valence-electron chi connectivity index (χ2n) is 5.74. The lowest BCUT2D eigenvalue weighted by molar-refractivity contribution is 0.648. The molecule has 1 aromatic carbocycles. The van der Waals surface area contributed by atoms with E-state index in [4.69, 9.17) is 0 Å². The standard InChI is InChI=1S/C18H24N4S.HI/c1-19-18(20-11-9-17-8-5-13-23-17)21-15-10-12-22(14-15)16-6-3-2-4-7-16;/h2-8,13,15H,9-12,14H2,1H3,(H2,19,20,21);1H. The number of para-hydroxylation sites is 1. The highest BCUT2D eigenvalue weighted by molar-refractivity contribution is 14.0. The van der Waals surface area contributed by atoms with Gasteiger partial charge < -0.3 is 15.5 Å². The van der Waals surface area contributed by atoms with E-state index in [2.05, 4.69) is 68.4 Å². The molecule has 24 heavy (non-hydrogen) atoms. The summed E-state index contributed by atoms with van der Waals surface area (Å²) >= 11 is 1.81. The van der Waals surface area contributed by atoms with Gasteiger partial charge in [0.1, 0.15) is 0 Å². The van der Waals surface area contributed by atoms with Crippen LogP contribution in [0, 0.1) is 0 Å². The van der Waals surface area contributed by atoms with Gasteiger partial charge >= 0.3 is 0 Å². The first-order valence-corrected chi connectivity index (χ1v) is 9.02. The molecule has 0 aliphatic carbocycles. The van der Waals surface area contributed by atoms with E-state index in [1.54, 1.807) is 11.3 Å². The molecule has 1 atom stereocenters. The van der Waals surface area contributed by atoms with E-state index in [1.807, 2.05) is 7.05 Å². The predicted molar refractivity (Wildman–Crippen MR) is 115 cm³/mol. The summed E-state index contributed by atoms with van der Waals surface area (Å²) < 4.78 is 0. The summed E-state index contributed by atoms with van der Waals surface area (Å²) in [5.74, 6) is 0.904. The van der Waals surface area contributed by atoms with E-state index in [9.17, 15) is 0 Å². The van der Waals surface area contributed by atoms with Gasteiger partial charge in [0.05, 0.1) is 0 Å². The van der Waals surface area contributed by atoms with Crippen LogP contribution in [-0.2, 0) is 6.42 Å². The molecule has 0 amide bonds. The van der Waals surface area contributed by atoms with Gasteiger partial charge in [-0.25, -0.2) is 0 Å². The Morgan fingerprint density at radius 1 is 1.25 bits per heavy atom. The maximum Gasteiger partial charge on any atom is 0.191 e. The Kier molecular flexibility index (Phi) is 7.84. The van der Waals surface area contributed by atoms with Crippen molar-refractivity contribution in [2.24, 2.45) is 4.99 Å². The summed E-state index contributed by atoms with van der Waals surface area (Å²) in [5.41, 5.74) is 1.30. The van der Waals surface area contributed by atoms with Gasteiger partial charge in [-0.1, -0.05) is 24.3 Å². The molecule has 2 aromatic rings. The van der Waals surface area contributed by atoms with Gasteiger partial charge in [-0.2, -0.15) is 0 Å². The van der Waals surface area contributed by atoms with Crippen molar-refractivity contribution in [2.75, 3.05) is 31.6 Å². The Morgan fingerprint density at radius 3 is 2.79 bits per heavy atom. The molecule has 0 spiro atoms. The molecular weight excluding hydrogens is 431 g/mol. The first-order valence-electron chi connectivity index (χ1n) is 8.15. The van der Waals surface area contributed by atoms with Gasteiger partial charge in [0.25, 0.3) is 0 Å². The molecule has 1 saturated heterocycles. The number of nitrogens with zero attached hydrogens (tertiary/aromatic N) is 2. The van der Waals surface area contributed by atoms with E-state index >= 15 is 0 Å². The molecule has 2 heterocycles. The van der Waals surface area contributed by atoms with E-state index in [0.29, 0.717) is 6.04 Å². The number of benzene rings is 1. The molecule has 1 aliphatic heterocycles. The van der Waals surface area contributed by atoms with Crippen LogP contribution in [0.15, 0.2) is 52.8 Å². The first kappa shape index (κ1) is 19.1. The summed E-state index contributed by atoms with van der Waals surface area (Å²) in [6, 6.07) is 15.3. The van der Waals surface area contributed by atoms with Crippen LogP contribution < -0.4 is 15.5 Å². The number of aliphatic imine (C=N–C) groups is 1. The molecule has 130 valence electrons. The Balaban J connectivity index is 0.00000208. The number of thiophene rings is 1. The van der Waals surface area contributed by atoms with Crippen molar-refractivity contribution in [1.82, 2.24) is 10.6 Å². The van der Waals surface area contributed by atoms with Crippen LogP contribution in [0.25, 0.3) is 0 Å². The molecule has 1 aliphatic rings. The minimum atomic E-state index is 0. The van der Waals surface area contributed by atoms with Crippen molar-refractivity contribution in [3.05, 3.63) is 52.7 Å². The summed E-state index contributed by atoms with van der Waals surface area (Å²) in [4.78, 5) is 8.18. The van der Waals surface area contributed by atoms with Crippen molar-refractivity contribution in [3.8, 4) is 0 Å². The van der Waals surface area contributed by atoms with Crippen LogP contribution in [-0.4, -0.2) is 38.7 Å². The van der Waals surface area contributed by atoms with Crippen molar-refractivity contribution in [3.63, 3.8) is 0 Å². The summed E-state index contributed by atoms with van der Waals surface area (Å²) in [6.45, 7) is 3.03. The van der Waals surface area contributed by atoms with E-state index < -0.39 is 0 Å². The van der Waals surface area contributed by atoms with Crippen LogP contribution in [0.4, 0.5) is 5.69 Å². The first-order chi connectivity index (χ1) is 11.3. The lowest BCUT2D eigenvalue weighted by atomic mass is 10.2. The van der Waals surface area contributed by atoms with E-state index in [1.165, 1.54) is 10.6 Å². The average molecular weight is 456 g/mol. The lowest BCUT2D eigenvalue weighted by Crippen LogP contribution is -2.45. The zero-order valence-electron chi connectivity index (χ0n) is 13.9. The van der Waals surface area contributed by atoms with Gasteiger partial charge in [0.2, 0.25) is 0 Å². The number of hydrogen-bond acceptors (Lipinski definition) is 3. The van der Waals surface area contributed by atoms with Crippen molar-refractivity contribution < 1.29 is 0 Å². The van der Waals surface area contributed by atoms with Crippen LogP contribution in [0.1, 0.15) is 11.3 Å². The fourth-order valence-corrected chi connectivity index (χ4v) is 3.61. The molecule has 4 nitrogen and oxygen atoms in total. The van der Waals surface area contributed by atoms with Gasteiger partial charge in [0, 0.05) is 43.3 Å². The summed E-state index contributed by atoms with van der Waals surface area (Å²) in [7, 11) is 1.84. The van der Waals surface area contributed by atoms with Crippen LogP contribution in [0.5, 0.6) is 0 Å². The van der Waals surface area contributed by atoms with Crippen LogP contribution in [0.3, 0.4) is 0 Å². The molecule has 0 bridgehead atoms.